The van der Waals surface area contributed by atoms with Gasteiger partial charge in [0.15, 0.2) is 0 Å². The zero-order valence-electron chi connectivity index (χ0n) is 11.6. The van der Waals surface area contributed by atoms with Gasteiger partial charge in [-0.15, -0.1) is 0 Å². The fourth-order valence-corrected chi connectivity index (χ4v) is 2.32. The van der Waals surface area contributed by atoms with Gasteiger partial charge >= 0.3 is 5.97 Å². The van der Waals surface area contributed by atoms with Crippen molar-refractivity contribution in [3.8, 4) is 5.75 Å². The Morgan fingerprint density at radius 2 is 1.89 bits per heavy atom. The minimum Gasteiger partial charge on any atom is -0.497 e. The highest BCUT2D eigenvalue weighted by atomic mass is 16.5. The largest absolute Gasteiger partial charge is 0.497 e. The summed E-state index contributed by atoms with van der Waals surface area (Å²) < 4.78 is 10.0. The van der Waals surface area contributed by atoms with Gasteiger partial charge in [0.25, 0.3) is 0 Å². The highest BCUT2D eigenvalue weighted by Crippen LogP contribution is 2.28. The monoisotopic (exact) mass is 261 g/mol. The van der Waals surface area contributed by atoms with E-state index >= 15 is 0 Å². The number of benzene rings is 1. The molecule has 102 valence electrons. The van der Waals surface area contributed by atoms with E-state index in [-0.39, 0.29) is 5.97 Å². The molecule has 1 aliphatic heterocycles. The van der Waals surface area contributed by atoms with Gasteiger partial charge < -0.3 is 14.4 Å². The third kappa shape index (κ3) is 2.96. The Balaban J connectivity index is 2.39. The summed E-state index contributed by atoms with van der Waals surface area (Å²) in [4.78, 5) is 14.0. The van der Waals surface area contributed by atoms with Gasteiger partial charge in [-0.1, -0.05) is 12.1 Å². The average Bonchev–Trinajstić information content (AvgIpc) is 2.46. The first-order chi connectivity index (χ1) is 9.15. The predicted octanol–water partition coefficient (Wildman–Crippen LogP) is 1.96. The van der Waals surface area contributed by atoms with Crippen LogP contribution in [0.2, 0.25) is 0 Å². The van der Waals surface area contributed by atoms with Crippen LogP contribution in [0, 0.1) is 0 Å². The zero-order chi connectivity index (χ0) is 13.8. The first kappa shape index (κ1) is 13.6. The standard InChI is InChI=1S/C15H19NO3/c1-16-9-8-13(14(10-16)15(17)19-3)11-4-6-12(18-2)7-5-11/h4-7H,8-10H2,1-3H3. The molecular weight excluding hydrogens is 242 g/mol. The van der Waals surface area contributed by atoms with E-state index < -0.39 is 0 Å². The first-order valence-corrected chi connectivity index (χ1v) is 6.29. The second-order valence-corrected chi connectivity index (χ2v) is 4.66. The number of rotatable bonds is 3. The Morgan fingerprint density at radius 1 is 1.21 bits per heavy atom. The fraction of sp³-hybridized carbons (Fsp3) is 0.400. The van der Waals surface area contributed by atoms with Crippen molar-refractivity contribution in [2.24, 2.45) is 0 Å². The molecule has 0 N–H and O–H groups in total. The molecule has 2 rings (SSSR count). The third-order valence-electron chi connectivity index (χ3n) is 3.41. The predicted molar refractivity (Wildman–Crippen MR) is 74.0 cm³/mol. The van der Waals surface area contributed by atoms with Crippen molar-refractivity contribution in [1.29, 1.82) is 0 Å². The smallest absolute Gasteiger partial charge is 0.335 e. The molecule has 1 heterocycles. The van der Waals surface area contributed by atoms with Crippen LogP contribution in [0.3, 0.4) is 0 Å². The number of hydrogen-bond donors (Lipinski definition) is 0. The normalized spacial score (nSPS) is 16.4. The van der Waals surface area contributed by atoms with Gasteiger partial charge in [-0.3, -0.25) is 0 Å². The molecule has 0 fully saturated rings. The quantitative estimate of drug-likeness (QED) is 0.780. The Hall–Kier alpha value is -1.81. The highest BCUT2D eigenvalue weighted by molar-refractivity contribution is 5.98. The minimum atomic E-state index is -0.239. The fourth-order valence-electron chi connectivity index (χ4n) is 2.32. The number of nitrogens with zero attached hydrogens (tertiary/aromatic N) is 1. The number of ether oxygens (including phenoxy) is 2. The van der Waals surface area contributed by atoms with Crippen molar-refractivity contribution >= 4 is 11.5 Å². The van der Waals surface area contributed by atoms with Crippen LogP contribution in [0.1, 0.15) is 12.0 Å². The molecule has 0 aliphatic carbocycles. The second-order valence-electron chi connectivity index (χ2n) is 4.66. The summed E-state index contributed by atoms with van der Waals surface area (Å²) in [6, 6.07) is 7.80. The van der Waals surface area contributed by atoms with E-state index in [2.05, 4.69) is 4.90 Å². The number of carbonyl (C=O) groups is 1. The van der Waals surface area contributed by atoms with Crippen LogP contribution >= 0.6 is 0 Å². The molecule has 0 unspecified atom stereocenters. The van der Waals surface area contributed by atoms with Crippen molar-refractivity contribution in [1.82, 2.24) is 4.90 Å². The van der Waals surface area contributed by atoms with Gasteiger partial charge in [0.2, 0.25) is 0 Å². The van der Waals surface area contributed by atoms with E-state index in [9.17, 15) is 4.79 Å². The van der Waals surface area contributed by atoms with E-state index in [1.54, 1.807) is 7.11 Å². The van der Waals surface area contributed by atoms with E-state index in [1.165, 1.54) is 7.11 Å². The second kappa shape index (κ2) is 5.89. The van der Waals surface area contributed by atoms with Crippen molar-refractivity contribution < 1.29 is 14.3 Å². The van der Waals surface area contributed by atoms with Gasteiger partial charge in [0.1, 0.15) is 5.75 Å². The number of esters is 1. The number of hydrogen-bond acceptors (Lipinski definition) is 4. The lowest BCUT2D eigenvalue weighted by molar-refractivity contribution is -0.136. The van der Waals surface area contributed by atoms with E-state index in [0.29, 0.717) is 6.54 Å². The molecule has 1 aromatic rings. The minimum absolute atomic E-state index is 0.239. The van der Waals surface area contributed by atoms with Crippen LogP contribution in [0.15, 0.2) is 29.8 Å². The molecular formula is C15H19NO3. The van der Waals surface area contributed by atoms with Crippen molar-refractivity contribution in [3.05, 3.63) is 35.4 Å². The summed E-state index contributed by atoms with van der Waals surface area (Å²) in [6.07, 6.45) is 0.854. The van der Waals surface area contributed by atoms with Gasteiger partial charge in [-0.2, -0.15) is 0 Å². The lowest BCUT2D eigenvalue weighted by Crippen LogP contribution is -2.31. The number of carbonyl (C=O) groups excluding carboxylic acids is 1. The van der Waals surface area contributed by atoms with E-state index in [0.717, 1.165) is 35.4 Å². The Kier molecular flexibility index (Phi) is 4.22. The zero-order valence-corrected chi connectivity index (χ0v) is 11.6. The molecule has 1 aromatic carbocycles. The number of likely N-dealkylation sites (N-methyl/N-ethyl adjacent to an activating group) is 1. The highest BCUT2D eigenvalue weighted by Gasteiger charge is 2.23. The van der Waals surface area contributed by atoms with Gasteiger partial charge in [-0.05, 0) is 36.7 Å². The Morgan fingerprint density at radius 3 is 2.47 bits per heavy atom. The molecule has 0 atom stereocenters. The molecule has 0 saturated carbocycles. The van der Waals surface area contributed by atoms with Crippen molar-refractivity contribution in [2.75, 3.05) is 34.4 Å². The molecule has 0 amide bonds. The maximum Gasteiger partial charge on any atom is 0.335 e. The van der Waals surface area contributed by atoms with Crippen molar-refractivity contribution in [3.63, 3.8) is 0 Å². The lowest BCUT2D eigenvalue weighted by atomic mass is 9.93. The summed E-state index contributed by atoms with van der Waals surface area (Å²) in [7, 11) is 5.08. The first-order valence-electron chi connectivity index (χ1n) is 6.29. The molecule has 0 aromatic heterocycles. The summed E-state index contributed by atoms with van der Waals surface area (Å²) in [6.45, 7) is 1.58. The molecule has 4 nitrogen and oxygen atoms in total. The Labute approximate surface area is 113 Å². The third-order valence-corrected chi connectivity index (χ3v) is 3.41. The van der Waals surface area contributed by atoms with Crippen LogP contribution in [0.5, 0.6) is 5.75 Å². The topological polar surface area (TPSA) is 38.8 Å². The van der Waals surface area contributed by atoms with Crippen LogP contribution in [-0.4, -0.2) is 45.2 Å². The maximum absolute atomic E-state index is 11.9. The van der Waals surface area contributed by atoms with Crippen LogP contribution in [0.4, 0.5) is 0 Å². The average molecular weight is 261 g/mol. The van der Waals surface area contributed by atoms with Gasteiger partial charge in [0, 0.05) is 13.1 Å². The molecule has 1 aliphatic rings. The number of methoxy groups -OCH3 is 2. The van der Waals surface area contributed by atoms with E-state index in [1.807, 2.05) is 31.3 Å². The van der Waals surface area contributed by atoms with Gasteiger partial charge in [0.05, 0.1) is 19.8 Å². The summed E-state index contributed by atoms with van der Waals surface area (Å²) >= 11 is 0. The molecule has 0 bridgehead atoms. The molecule has 19 heavy (non-hydrogen) atoms. The molecule has 4 heteroatoms. The maximum atomic E-state index is 11.9. The van der Waals surface area contributed by atoms with Crippen LogP contribution in [-0.2, 0) is 9.53 Å². The van der Waals surface area contributed by atoms with Gasteiger partial charge in [-0.25, -0.2) is 4.79 Å². The summed E-state index contributed by atoms with van der Waals surface area (Å²) in [5, 5.41) is 0. The molecule has 0 saturated heterocycles. The molecule has 0 spiro atoms. The van der Waals surface area contributed by atoms with E-state index in [4.69, 9.17) is 9.47 Å². The Bertz CT molecular complexity index is 491. The SMILES string of the molecule is COC(=O)C1=C(c2ccc(OC)cc2)CCN(C)C1. The summed E-state index contributed by atoms with van der Waals surface area (Å²) in [5.74, 6) is 0.578. The molecule has 0 radical (unpaired) electrons. The lowest BCUT2D eigenvalue weighted by Gasteiger charge is -2.26. The van der Waals surface area contributed by atoms with Crippen LogP contribution in [0.25, 0.3) is 5.57 Å². The van der Waals surface area contributed by atoms with Crippen molar-refractivity contribution in [2.45, 2.75) is 6.42 Å². The summed E-state index contributed by atoms with van der Waals surface area (Å²) in [5.41, 5.74) is 2.89. The van der Waals surface area contributed by atoms with Crippen LogP contribution < -0.4 is 4.74 Å².